The summed E-state index contributed by atoms with van der Waals surface area (Å²) in [4.78, 5) is 12.5. The summed E-state index contributed by atoms with van der Waals surface area (Å²) in [6, 6.07) is 7.31. The number of carbonyl (C=O) groups excluding carboxylic acids is 1. The second-order valence-electron chi connectivity index (χ2n) is 6.35. The predicted molar refractivity (Wildman–Crippen MR) is 100 cm³/mol. The minimum atomic E-state index is -3.67. The van der Waals surface area contributed by atoms with Crippen molar-refractivity contribution in [1.29, 1.82) is 0 Å². The molecule has 2 heterocycles. The van der Waals surface area contributed by atoms with E-state index in [1.165, 1.54) is 28.8 Å². The molecule has 1 unspecified atom stereocenters. The van der Waals surface area contributed by atoms with Crippen LogP contribution in [-0.4, -0.2) is 43.4 Å². The van der Waals surface area contributed by atoms with Crippen molar-refractivity contribution >= 4 is 27.5 Å². The van der Waals surface area contributed by atoms with E-state index in [1.807, 2.05) is 0 Å². The lowest BCUT2D eigenvalue weighted by atomic mass is 10.2. The van der Waals surface area contributed by atoms with Crippen molar-refractivity contribution in [1.82, 2.24) is 9.62 Å². The van der Waals surface area contributed by atoms with E-state index in [4.69, 9.17) is 16.0 Å². The number of furan rings is 1. The van der Waals surface area contributed by atoms with E-state index in [1.54, 1.807) is 12.1 Å². The summed E-state index contributed by atoms with van der Waals surface area (Å²) in [7, 11) is -3.67. The number of sulfonamides is 1. The number of amides is 1. The molecule has 0 saturated carbocycles. The molecule has 0 aliphatic carbocycles. The molecule has 0 spiro atoms. The monoisotopic (exact) mass is 412 g/mol. The molecule has 1 saturated heterocycles. The Morgan fingerprint density at radius 1 is 1.26 bits per heavy atom. The Morgan fingerprint density at radius 3 is 2.67 bits per heavy atom. The molecule has 146 valence electrons. The Kier molecular flexibility index (Phi) is 6.21. The third kappa shape index (κ3) is 4.52. The van der Waals surface area contributed by atoms with Gasteiger partial charge in [-0.1, -0.05) is 18.0 Å². The van der Waals surface area contributed by atoms with Crippen LogP contribution in [0.25, 0.3) is 0 Å². The fourth-order valence-electron chi connectivity index (χ4n) is 2.96. The standard InChI is InChI=1S/C18H21ClN2O5S/c19-15-7-6-13(27(24,25)21-8-2-1-3-9-21)11-14(15)18(23)20-12-16(22)17-5-4-10-26-17/h4-7,10-11,16,22H,1-3,8-9,12H2,(H,20,23). The molecule has 1 atom stereocenters. The van der Waals surface area contributed by atoms with E-state index in [2.05, 4.69) is 5.32 Å². The third-order valence-electron chi connectivity index (χ3n) is 4.46. The number of benzene rings is 1. The van der Waals surface area contributed by atoms with Crippen molar-refractivity contribution in [3.8, 4) is 0 Å². The summed E-state index contributed by atoms with van der Waals surface area (Å²) in [5, 5.41) is 12.7. The lowest BCUT2D eigenvalue weighted by Crippen LogP contribution is -2.35. The highest BCUT2D eigenvalue weighted by molar-refractivity contribution is 7.89. The van der Waals surface area contributed by atoms with Crippen molar-refractivity contribution in [2.75, 3.05) is 19.6 Å². The maximum atomic E-state index is 12.8. The second-order valence-corrected chi connectivity index (χ2v) is 8.69. The Bertz CT molecular complexity index is 892. The summed E-state index contributed by atoms with van der Waals surface area (Å²) in [5.74, 6) is -0.246. The van der Waals surface area contributed by atoms with Gasteiger partial charge in [0, 0.05) is 13.1 Å². The van der Waals surface area contributed by atoms with E-state index in [-0.39, 0.29) is 22.0 Å². The van der Waals surface area contributed by atoms with Crippen molar-refractivity contribution in [3.05, 3.63) is 52.9 Å². The molecule has 1 aliphatic rings. The zero-order chi connectivity index (χ0) is 19.4. The Hall–Kier alpha value is -1.87. The highest BCUT2D eigenvalue weighted by atomic mass is 35.5. The summed E-state index contributed by atoms with van der Waals surface area (Å²) >= 11 is 6.09. The molecule has 1 aliphatic heterocycles. The molecule has 7 nitrogen and oxygen atoms in total. The number of carbonyl (C=O) groups is 1. The molecule has 3 rings (SSSR count). The minimum Gasteiger partial charge on any atom is -0.467 e. The molecule has 9 heteroatoms. The molecule has 1 aromatic heterocycles. The first kappa shape index (κ1) is 19.9. The lowest BCUT2D eigenvalue weighted by Gasteiger charge is -2.26. The summed E-state index contributed by atoms with van der Waals surface area (Å²) in [5.41, 5.74) is 0.0430. The van der Waals surface area contributed by atoms with Crippen molar-refractivity contribution in [2.45, 2.75) is 30.3 Å². The summed E-state index contributed by atoms with van der Waals surface area (Å²) in [6.07, 6.45) is 3.07. The minimum absolute atomic E-state index is 0.0329. The predicted octanol–water partition coefficient (Wildman–Crippen LogP) is 2.57. The largest absolute Gasteiger partial charge is 0.467 e. The maximum absolute atomic E-state index is 12.8. The molecule has 1 aromatic carbocycles. The average molecular weight is 413 g/mol. The van der Waals surface area contributed by atoms with Gasteiger partial charge in [-0.3, -0.25) is 4.79 Å². The number of rotatable bonds is 6. The first-order chi connectivity index (χ1) is 12.9. The topological polar surface area (TPSA) is 99.8 Å². The number of nitrogens with zero attached hydrogens (tertiary/aromatic N) is 1. The smallest absolute Gasteiger partial charge is 0.252 e. The summed E-state index contributed by atoms with van der Waals surface area (Å²) in [6.45, 7) is 0.857. The van der Waals surface area contributed by atoms with Crippen LogP contribution in [0, 0.1) is 0 Å². The van der Waals surface area contributed by atoms with Gasteiger partial charge < -0.3 is 14.8 Å². The van der Waals surface area contributed by atoms with Gasteiger partial charge in [-0.05, 0) is 43.2 Å². The molecular weight excluding hydrogens is 392 g/mol. The van der Waals surface area contributed by atoms with Gasteiger partial charge in [-0.2, -0.15) is 4.31 Å². The van der Waals surface area contributed by atoms with Gasteiger partial charge in [0.2, 0.25) is 10.0 Å². The second kappa shape index (κ2) is 8.43. The SMILES string of the molecule is O=C(NCC(O)c1ccco1)c1cc(S(=O)(=O)N2CCCCC2)ccc1Cl. The first-order valence-electron chi connectivity index (χ1n) is 8.69. The first-order valence-corrected chi connectivity index (χ1v) is 10.5. The van der Waals surface area contributed by atoms with Crippen molar-refractivity contribution in [3.63, 3.8) is 0 Å². The zero-order valence-corrected chi connectivity index (χ0v) is 16.2. The molecule has 1 amide bonds. The van der Waals surface area contributed by atoms with Crippen LogP contribution < -0.4 is 5.32 Å². The highest BCUT2D eigenvalue weighted by Gasteiger charge is 2.27. The molecule has 2 N–H and O–H groups in total. The van der Waals surface area contributed by atoms with Gasteiger partial charge in [0.15, 0.2) is 0 Å². The van der Waals surface area contributed by atoms with Crippen molar-refractivity contribution in [2.24, 2.45) is 0 Å². The van der Waals surface area contributed by atoms with Crippen LogP contribution in [0.1, 0.15) is 41.5 Å². The van der Waals surface area contributed by atoms with E-state index < -0.39 is 22.0 Å². The molecule has 0 bridgehead atoms. The van der Waals surface area contributed by atoms with Gasteiger partial charge in [0.25, 0.3) is 5.91 Å². The number of aliphatic hydroxyl groups excluding tert-OH is 1. The molecular formula is C18H21ClN2O5S. The van der Waals surface area contributed by atoms with Crippen LogP contribution in [-0.2, 0) is 10.0 Å². The number of nitrogens with one attached hydrogen (secondary N) is 1. The Balaban J connectivity index is 1.75. The van der Waals surface area contributed by atoms with Gasteiger partial charge >= 0.3 is 0 Å². The fraction of sp³-hybridized carbons (Fsp3) is 0.389. The van der Waals surface area contributed by atoms with Gasteiger partial charge in [-0.15, -0.1) is 0 Å². The van der Waals surface area contributed by atoms with Gasteiger partial charge in [0.05, 0.1) is 28.3 Å². The average Bonchev–Trinajstić information content (AvgIpc) is 3.21. The molecule has 1 fully saturated rings. The van der Waals surface area contributed by atoms with E-state index in [0.717, 1.165) is 19.3 Å². The van der Waals surface area contributed by atoms with Crippen LogP contribution in [0.4, 0.5) is 0 Å². The van der Waals surface area contributed by atoms with Gasteiger partial charge in [-0.25, -0.2) is 8.42 Å². The number of hydrogen-bond acceptors (Lipinski definition) is 5. The van der Waals surface area contributed by atoms with Crippen LogP contribution in [0.15, 0.2) is 45.9 Å². The third-order valence-corrected chi connectivity index (χ3v) is 6.69. The highest BCUT2D eigenvalue weighted by Crippen LogP contribution is 2.25. The fourth-order valence-corrected chi connectivity index (χ4v) is 4.71. The maximum Gasteiger partial charge on any atom is 0.252 e. The molecule has 0 radical (unpaired) electrons. The van der Waals surface area contributed by atoms with E-state index in [0.29, 0.717) is 18.8 Å². The van der Waals surface area contributed by atoms with Crippen LogP contribution in [0.5, 0.6) is 0 Å². The van der Waals surface area contributed by atoms with E-state index in [9.17, 15) is 18.3 Å². The van der Waals surface area contributed by atoms with Crippen LogP contribution >= 0.6 is 11.6 Å². The Morgan fingerprint density at radius 2 is 2.00 bits per heavy atom. The number of halogens is 1. The normalized spacial score (nSPS) is 16.8. The number of aliphatic hydroxyl groups is 1. The summed E-state index contributed by atoms with van der Waals surface area (Å²) < 4.78 is 32.1. The van der Waals surface area contributed by atoms with E-state index >= 15 is 0 Å². The van der Waals surface area contributed by atoms with Crippen LogP contribution in [0.2, 0.25) is 5.02 Å². The quantitative estimate of drug-likeness (QED) is 0.759. The molecule has 27 heavy (non-hydrogen) atoms. The lowest BCUT2D eigenvalue weighted by molar-refractivity contribution is 0.0901. The number of piperidine rings is 1. The molecule has 2 aromatic rings. The Labute approximate surface area is 163 Å². The van der Waals surface area contributed by atoms with Crippen LogP contribution in [0.3, 0.4) is 0 Å². The zero-order valence-electron chi connectivity index (χ0n) is 14.6. The van der Waals surface area contributed by atoms with Crippen molar-refractivity contribution < 1.29 is 22.7 Å². The number of hydrogen-bond donors (Lipinski definition) is 2. The van der Waals surface area contributed by atoms with Gasteiger partial charge in [0.1, 0.15) is 11.9 Å².